The lowest BCUT2D eigenvalue weighted by molar-refractivity contribution is -0.384. The number of aryl methyl sites for hydroxylation is 1. The number of nitro groups is 1. The number of ether oxygens (including phenoxy) is 1. The van der Waals surface area contributed by atoms with Crippen molar-refractivity contribution in [1.82, 2.24) is 0 Å². The van der Waals surface area contributed by atoms with Gasteiger partial charge in [0, 0.05) is 17.7 Å². The second kappa shape index (κ2) is 5.99. The minimum absolute atomic E-state index is 0.104. The van der Waals surface area contributed by atoms with E-state index in [2.05, 4.69) is 10.6 Å². The van der Waals surface area contributed by atoms with Crippen molar-refractivity contribution >= 4 is 28.9 Å². The number of benzene rings is 2. The molecule has 2 N–H and O–H groups in total. The minimum atomic E-state index is -0.523. The number of carbonyl (C=O) groups excluding carboxylic acids is 2. The summed E-state index contributed by atoms with van der Waals surface area (Å²) in [5.74, 6) is -0.285. The Balaban J connectivity index is 1.84. The van der Waals surface area contributed by atoms with Gasteiger partial charge in [-0.25, -0.2) is 0 Å². The number of hydrogen-bond donors (Lipinski definition) is 2. The summed E-state index contributed by atoms with van der Waals surface area (Å²) in [7, 11) is 0. The fraction of sp³-hybridized carbons (Fsp3) is 0.125. The highest BCUT2D eigenvalue weighted by molar-refractivity contribution is 6.06. The Bertz CT molecular complexity index is 863. The van der Waals surface area contributed by atoms with Gasteiger partial charge in [-0.3, -0.25) is 19.7 Å². The number of amides is 2. The molecule has 0 aliphatic carbocycles. The second-order valence-corrected chi connectivity index (χ2v) is 5.26. The molecule has 0 saturated heterocycles. The molecule has 2 aromatic rings. The molecule has 1 heterocycles. The molecule has 0 bridgehead atoms. The van der Waals surface area contributed by atoms with Gasteiger partial charge in [-0.05, 0) is 30.7 Å². The summed E-state index contributed by atoms with van der Waals surface area (Å²) in [5, 5.41) is 16.1. The van der Waals surface area contributed by atoms with Crippen LogP contribution >= 0.6 is 0 Å². The van der Waals surface area contributed by atoms with Crippen LogP contribution in [-0.4, -0.2) is 23.3 Å². The molecule has 0 unspecified atom stereocenters. The molecule has 24 heavy (non-hydrogen) atoms. The van der Waals surface area contributed by atoms with Gasteiger partial charge in [-0.2, -0.15) is 0 Å². The normalized spacial score (nSPS) is 12.6. The Labute approximate surface area is 136 Å². The number of nitrogens with one attached hydrogen (secondary N) is 2. The van der Waals surface area contributed by atoms with Crippen molar-refractivity contribution in [1.29, 1.82) is 0 Å². The predicted octanol–water partition coefficient (Wildman–Crippen LogP) is 2.49. The molecule has 8 heteroatoms. The first-order chi connectivity index (χ1) is 11.4. The van der Waals surface area contributed by atoms with E-state index in [4.69, 9.17) is 4.74 Å². The lowest BCUT2D eigenvalue weighted by Gasteiger charge is -2.18. The summed E-state index contributed by atoms with van der Waals surface area (Å²) >= 11 is 0. The number of hydrogen-bond acceptors (Lipinski definition) is 5. The molecule has 1 aliphatic rings. The monoisotopic (exact) mass is 327 g/mol. The number of anilines is 2. The van der Waals surface area contributed by atoms with E-state index < -0.39 is 10.8 Å². The lowest BCUT2D eigenvalue weighted by atomic mass is 10.1. The molecule has 0 fully saturated rings. The van der Waals surface area contributed by atoms with Gasteiger partial charge >= 0.3 is 0 Å². The molecule has 8 nitrogen and oxygen atoms in total. The average molecular weight is 327 g/mol. The highest BCUT2D eigenvalue weighted by Gasteiger charge is 2.18. The maximum absolute atomic E-state index is 12.4. The Hall–Kier alpha value is -3.42. The summed E-state index contributed by atoms with van der Waals surface area (Å²) in [4.78, 5) is 33.9. The summed E-state index contributed by atoms with van der Waals surface area (Å²) in [5.41, 5.74) is 1.77. The van der Waals surface area contributed by atoms with Crippen molar-refractivity contribution in [3.05, 3.63) is 57.6 Å². The maximum atomic E-state index is 12.4. The van der Waals surface area contributed by atoms with Gasteiger partial charge in [0.1, 0.15) is 5.75 Å². The fourth-order valence-corrected chi connectivity index (χ4v) is 2.27. The van der Waals surface area contributed by atoms with Gasteiger partial charge in [0.15, 0.2) is 6.61 Å². The number of nitrogens with zero attached hydrogens (tertiary/aromatic N) is 1. The molecular weight excluding hydrogens is 314 g/mol. The van der Waals surface area contributed by atoms with Crippen LogP contribution in [0.25, 0.3) is 0 Å². The zero-order valence-electron chi connectivity index (χ0n) is 12.7. The van der Waals surface area contributed by atoms with Crippen LogP contribution in [-0.2, 0) is 4.79 Å². The van der Waals surface area contributed by atoms with E-state index >= 15 is 0 Å². The molecule has 3 rings (SSSR count). The molecule has 2 amide bonds. The molecule has 0 saturated carbocycles. The van der Waals surface area contributed by atoms with E-state index in [0.29, 0.717) is 28.3 Å². The van der Waals surface area contributed by atoms with Crippen molar-refractivity contribution in [3.8, 4) is 5.75 Å². The van der Waals surface area contributed by atoms with E-state index in [9.17, 15) is 19.7 Å². The van der Waals surface area contributed by atoms with E-state index in [-0.39, 0.29) is 18.2 Å². The summed E-state index contributed by atoms with van der Waals surface area (Å²) in [6, 6.07) is 8.87. The zero-order chi connectivity index (χ0) is 17.3. The van der Waals surface area contributed by atoms with E-state index in [1.165, 1.54) is 24.3 Å². The Morgan fingerprint density at radius 1 is 1.29 bits per heavy atom. The van der Waals surface area contributed by atoms with Crippen molar-refractivity contribution in [2.45, 2.75) is 6.92 Å². The van der Waals surface area contributed by atoms with Crippen molar-refractivity contribution < 1.29 is 19.2 Å². The van der Waals surface area contributed by atoms with E-state index in [1.54, 1.807) is 19.1 Å². The molecule has 122 valence electrons. The van der Waals surface area contributed by atoms with Crippen molar-refractivity contribution in [3.63, 3.8) is 0 Å². The molecule has 0 spiro atoms. The van der Waals surface area contributed by atoms with E-state index in [1.807, 2.05) is 0 Å². The van der Waals surface area contributed by atoms with Crippen LogP contribution in [0, 0.1) is 17.0 Å². The Morgan fingerprint density at radius 2 is 2.08 bits per heavy atom. The average Bonchev–Trinajstić information content (AvgIpc) is 2.56. The molecule has 0 aromatic heterocycles. The van der Waals surface area contributed by atoms with Gasteiger partial charge in [-0.1, -0.05) is 6.07 Å². The van der Waals surface area contributed by atoms with Gasteiger partial charge in [-0.15, -0.1) is 0 Å². The Kier molecular flexibility index (Phi) is 3.87. The molecule has 1 aliphatic heterocycles. The van der Waals surface area contributed by atoms with Gasteiger partial charge in [0.2, 0.25) is 0 Å². The van der Waals surface area contributed by atoms with Crippen molar-refractivity contribution in [2.24, 2.45) is 0 Å². The number of carbonyl (C=O) groups is 2. The third-order valence-electron chi connectivity index (χ3n) is 3.56. The first-order valence-electron chi connectivity index (χ1n) is 7.07. The van der Waals surface area contributed by atoms with Crippen LogP contribution in [0.4, 0.5) is 17.1 Å². The van der Waals surface area contributed by atoms with Crippen LogP contribution < -0.4 is 15.4 Å². The number of fused-ring (bicyclic) bond motifs is 1. The third kappa shape index (κ3) is 3.02. The number of non-ortho nitro benzene ring substituents is 1. The standard InChI is InChI=1S/C16H13N3O5/c1-9-2-4-11(19(22)23)7-13(9)18-16(21)10-3-5-12-14(6-10)24-8-15(20)17-12/h2-7H,8H2,1H3,(H,17,20)(H,18,21). The summed E-state index contributed by atoms with van der Waals surface area (Å²) in [6.07, 6.45) is 0. The Morgan fingerprint density at radius 3 is 2.83 bits per heavy atom. The van der Waals surface area contributed by atoms with Gasteiger partial charge in [0.25, 0.3) is 17.5 Å². The fourth-order valence-electron chi connectivity index (χ4n) is 2.27. The largest absolute Gasteiger partial charge is 0.482 e. The summed E-state index contributed by atoms with van der Waals surface area (Å²) in [6.45, 7) is 1.63. The van der Waals surface area contributed by atoms with Crippen LogP contribution in [0.15, 0.2) is 36.4 Å². The maximum Gasteiger partial charge on any atom is 0.271 e. The third-order valence-corrected chi connectivity index (χ3v) is 3.56. The van der Waals surface area contributed by atoms with E-state index in [0.717, 1.165) is 0 Å². The zero-order valence-corrected chi connectivity index (χ0v) is 12.7. The molecule has 2 aromatic carbocycles. The number of rotatable bonds is 3. The van der Waals surface area contributed by atoms with Crippen LogP contribution in [0.5, 0.6) is 5.75 Å². The highest BCUT2D eigenvalue weighted by atomic mass is 16.6. The van der Waals surface area contributed by atoms with Gasteiger partial charge < -0.3 is 15.4 Å². The molecule has 0 radical (unpaired) electrons. The minimum Gasteiger partial charge on any atom is -0.482 e. The summed E-state index contributed by atoms with van der Waals surface area (Å²) < 4.78 is 5.27. The first kappa shape index (κ1) is 15.5. The van der Waals surface area contributed by atoms with Crippen LogP contribution in [0.1, 0.15) is 15.9 Å². The topological polar surface area (TPSA) is 111 Å². The SMILES string of the molecule is Cc1ccc([N+](=O)[O-])cc1NC(=O)c1ccc2c(c1)OCC(=O)N2. The molecular formula is C16H13N3O5. The van der Waals surface area contributed by atoms with Gasteiger partial charge in [0.05, 0.1) is 16.3 Å². The van der Waals surface area contributed by atoms with Crippen LogP contribution in [0.2, 0.25) is 0 Å². The second-order valence-electron chi connectivity index (χ2n) is 5.26. The lowest BCUT2D eigenvalue weighted by Crippen LogP contribution is -2.25. The molecule has 0 atom stereocenters. The predicted molar refractivity (Wildman–Crippen MR) is 86.4 cm³/mol. The first-order valence-corrected chi connectivity index (χ1v) is 7.07. The van der Waals surface area contributed by atoms with Crippen molar-refractivity contribution in [2.75, 3.05) is 17.2 Å². The van der Waals surface area contributed by atoms with Crippen LogP contribution in [0.3, 0.4) is 0 Å². The highest BCUT2D eigenvalue weighted by Crippen LogP contribution is 2.29. The smallest absolute Gasteiger partial charge is 0.271 e. The number of nitro benzene ring substituents is 1. The quantitative estimate of drug-likeness (QED) is 0.664.